The van der Waals surface area contributed by atoms with E-state index in [1.54, 1.807) is 22.7 Å². The number of nitrogens with zero attached hydrogens (tertiary/aromatic N) is 3. The van der Waals surface area contributed by atoms with E-state index in [4.69, 9.17) is 9.47 Å². The molecule has 3 aromatic rings. The summed E-state index contributed by atoms with van der Waals surface area (Å²) in [6, 6.07) is 7.37. The maximum atomic E-state index is 13.1. The lowest BCUT2D eigenvalue weighted by molar-refractivity contribution is -0.142. The van der Waals surface area contributed by atoms with Crippen molar-refractivity contribution >= 4 is 23.2 Å². The summed E-state index contributed by atoms with van der Waals surface area (Å²) in [6.45, 7) is 3.56. The van der Waals surface area contributed by atoms with Crippen molar-refractivity contribution in [3.8, 4) is 11.5 Å². The van der Waals surface area contributed by atoms with E-state index in [1.165, 1.54) is 11.3 Å². The van der Waals surface area contributed by atoms with Gasteiger partial charge < -0.3 is 19.7 Å². The lowest BCUT2D eigenvalue weighted by atomic mass is 9.94. The zero-order valence-electron chi connectivity index (χ0n) is 17.5. The van der Waals surface area contributed by atoms with Gasteiger partial charge >= 0.3 is 0 Å². The fraction of sp³-hybridized carbons (Fsp3) is 0.304. The molecule has 0 saturated heterocycles. The van der Waals surface area contributed by atoms with Gasteiger partial charge in [0.2, 0.25) is 6.10 Å². The number of nitrogens with one attached hydrogen (secondary N) is 1. The first kappa shape index (κ1) is 20.4. The number of aromatic nitrogens is 2. The molecule has 0 saturated carbocycles. The Labute approximate surface area is 189 Å². The van der Waals surface area contributed by atoms with E-state index in [0.717, 1.165) is 22.4 Å². The molecular formula is C23H22N4O4S. The normalized spacial score (nSPS) is 16.9. The number of hydrogen-bond donors (Lipinski definition) is 1. The summed E-state index contributed by atoms with van der Waals surface area (Å²) in [7, 11) is 0. The van der Waals surface area contributed by atoms with Crippen LogP contribution < -0.4 is 14.8 Å². The van der Waals surface area contributed by atoms with Gasteiger partial charge in [-0.25, -0.2) is 0 Å². The molecule has 0 unspecified atom stereocenters. The minimum absolute atomic E-state index is 0.0919. The predicted octanol–water partition coefficient (Wildman–Crippen LogP) is 2.50. The molecule has 32 heavy (non-hydrogen) atoms. The predicted molar refractivity (Wildman–Crippen MR) is 118 cm³/mol. The summed E-state index contributed by atoms with van der Waals surface area (Å²) >= 11 is 1.31. The Hall–Kier alpha value is -3.46. The Morgan fingerprint density at radius 3 is 2.91 bits per heavy atom. The average Bonchev–Trinajstić information content (AvgIpc) is 3.37. The molecule has 5 rings (SSSR count). The van der Waals surface area contributed by atoms with E-state index in [-0.39, 0.29) is 18.4 Å². The van der Waals surface area contributed by atoms with E-state index in [1.807, 2.05) is 31.3 Å². The molecule has 2 amide bonds. The molecule has 164 valence electrons. The maximum Gasteiger partial charge on any atom is 0.267 e. The van der Waals surface area contributed by atoms with Crippen LogP contribution in [0.15, 0.2) is 42.2 Å². The number of amides is 2. The number of para-hydroxylation sites is 2. The first-order valence-electron chi connectivity index (χ1n) is 10.4. The van der Waals surface area contributed by atoms with Gasteiger partial charge in [0.15, 0.2) is 11.5 Å². The largest absolute Gasteiger partial charge is 0.485 e. The molecule has 2 aliphatic heterocycles. The Bertz CT molecular complexity index is 1160. The van der Waals surface area contributed by atoms with Crippen LogP contribution in [0.2, 0.25) is 0 Å². The highest BCUT2D eigenvalue weighted by atomic mass is 32.1. The lowest BCUT2D eigenvalue weighted by Gasteiger charge is -2.34. The monoisotopic (exact) mass is 450 g/mol. The topological polar surface area (TPSA) is 93.7 Å². The van der Waals surface area contributed by atoms with E-state index < -0.39 is 6.10 Å². The van der Waals surface area contributed by atoms with Crippen molar-refractivity contribution in [2.45, 2.75) is 32.5 Å². The molecule has 9 heteroatoms. The van der Waals surface area contributed by atoms with Crippen LogP contribution in [-0.2, 0) is 24.3 Å². The molecule has 1 atom stereocenters. The van der Waals surface area contributed by atoms with Crippen LogP contribution in [0.3, 0.4) is 0 Å². The van der Waals surface area contributed by atoms with Gasteiger partial charge in [-0.15, -0.1) is 11.3 Å². The van der Waals surface area contributed by atoms with E-state index in [2.05, 4.69) is 15.3 Å². The summed E-state index contributed by atoms with van der Waals surface area (Å²) in [5.74, 6) is 1.01. The van der Waals surface area contributed by atoms with Crippen LogP contribution in [0.1, 0.15) is 32.1 Å². The Balaban J connectivity index is 1.28. The van der Waals surface area contributed by atoms with Crippen LogP contribution in [0, 0.1) is 6.92 Å². The van der Waals surface area contributed by atoms with Crippen molar-refractivity contribution in [3.63, 3.8) is 0 Å². The average molecular weight is 451 g/mol. The minimum Gasteiger partial charge on any atom is -0.485 e. The van der Waals surface area contributed by atoms with Crippen LogP contribution in [0.25, 0.3) is 0 Å². The van der Waals surface area contributed by atoms with E-state index in [0.29, 0.717) is 42.4 Å². The molecule has 0 aliphatic carbocycles. The number of hydrogen-bond acceptors (Lipinski definition) is 7. The van der Waals surface area contributed by atoms with Gasteiger partial charge in [-0.3, -0.25) is 19.6 Å². The van der Waals surface area contributed by atoms with Gasteiger partial charge in [0, 0.05) is 31.5 Å². The summed E-state index contributed by atoms with van der Waals surface area (Å²) in [6.07, 6.45) is 3.42. The fourth-order valence-electron chi connectivity index (χ4n) is 4.07. The van der Waals surface area contributed by atoms with Crippen LogP contribution in [0.4, 0.5) is 0 Å². The number of ether oxygens (including phenoxy) is 2. The van der Waals surface area contributed by atoms with Crippen molar-refractivity contribution in [1.29, 1.82) is 0 Å². The van der Waals surface area contributed by atoms with Crippen LogP contribution in [0.5, 0.6) is 11.5 Å². The molecule has 0 fully saturated rings. The molecular weight excluding hydrogens is 428 g/mol. The smallest absolute Gasteiger partial charge is 0.267 e. The van der Waals surface area contributed by atoms with Crippen LogP contribution in [-0.4, -0.2) is 45.9 Å². The van der Waals surface area contributed by atoms with Crippen molar-refractivity contribution in [1.82, 2.24) is 20.2 Å². The summed E-state index contributed by atoms with van der Waals surface area (Å²) in [5.41, 5.74) is 5.68. The van der Waals surface area contributed by atoms with Gasteiger partial charge in [-0.1, -0.05) is 12.1 Å². The summed E-state index contributed by atoms with van der Waals surface area (Å²) < 4.78 is 11.6. The maximum absolute atomic E-state index is 13.1. The van der Waals surface area contributed by atoms with Gasteiger partial charge in [0.25, 0.3) is 11.8 Å². The van der Waals surface area contributed by atoms with Crippen molar-refractivity contribution in [2.24, 2.45) is 0 Å². The minimum atomic E-state index is -0.664. The third kappa shape index (κ3) is 3.91. The van der Waals surface area contributed by atoms with Crippen molar-refractivity contribution in [2.75, 3.05) is 13.2 Å². The third-order valence-corrected chi connectivity index (χ3v) is 6.54. The second-order valence-corrected chi connectivity index (χ2v) is 8.63. The number of fused-ring (bicyclic) bond motifs is 2. The highest BCUT2D eigenvalue weighted by Crippen LogP contribution is 2.32. The Morgan fingerprint density at radius 1 is 1.25 bits per heavy atom. The fourth-order valence-corrected chi connectivity index (χ4v) is 4.61. The lowest BCUT2D eigenvalue weighted by Crippen LogP contribution is -2.48. The summed E-state index contributed by atoms with van der Waals surface area (Å²) in [4.78, 5) is 36.3. The van der Waals surface area contributed by atoms with E-state index in [9.17, 15) is 9.59 Å². The molecule has 0 bridgehead atoms. The van der Waals surface area contributed by atoms with Gasteiger partial charge in [-0.2, -0.15) is 0 Å². The standard InChI is InChI=1S/C23H22N4O4S/c1-14-17(9-26-22(28)21-10-24-13-32-21)16-6-7-27(11-15(16)8-25-14)23(29)20-12-30-18-4-2-3-5-19(18)31-20/h2-5,8,10,13,20H,6-7,9,11-12H2,1H3,(H,26,28)/t20-/m0/s1. The molecule has 2 aliphatic rings. The van der Waals surface area contributed by atoms with Gasteiger partial charge in [0.05, 0.1) is 11.7 Å². The first-order valence-corrected chi connectivity index (χ1v) is 11.3. The molecule has 1 aromatic carbocycles. The highest BCUT2D eigenvalue weighted by molar-refractivity contribution is 7.11. The number of carbonyl (C=O) groups is 2. The first-order chi connectivity index (χ1) is 15.6. The Kier molecular flexibility index (Phi) is 5.48. The van der Waals surface area contributed by atoms with Crippen molar-refractivity contribution < 1.29 is 19.1 Å². The number of carbonyl (C=O) groups excluding carboxylic acids is 2. The number of benzene rings is 1. The zero-order valence-corrected chi connectivity index (χ0v) is 18.4. The molecule has 8 nitrogen and oxygen atoms in total. The second kappa shape index (κ2) is 8.58. The van der Waals surface area contributed by atoms with E-state index >= 15 is 0 Å². The SMILES string of the molecule is Cc1ncc2c(c1CNC(=O)c1cncs1)CCN(C(=O)[C@@H]1COc3ccccc3O1)C2. The van der Waals surface area contributed by atoms with Crippen LogP contribution >= 0.6 is 11.3 Å². The zero-order chi connectivity index (χ0) is 22.1. The quantitative estimate of drug-likeness (QED) is 0.657. The molecule has 0 spiro atoms. The number of pyridine rings is 1. The summed E-state index contributed by atoms with van der Waals surface area (Å²) in [5, 5.41) is 2.96. The molecule has 2 aromatic heterocycles. The number of rotatable bonds is 4. The molecule has 4 heterocycles. The third-order valence-electron chi connectivity index (χ3n) is 5.77. The molecule has 1 N–H and O–H groups in total. The second-order valence-electron chi connectivity index (χ2n) is 7.75. The highest BCUT2D eigenvalue weighted by Gasteiger charge is 2.33. The number of aryl methyl sites for hydroxylation is 1. The van der Waals surface area contributed by atoms with Gasteiger partial charge in [0.1, 0.15) is 11.5 Å². The van der Waals surface area contributed by atoms with Crippen molar-refractivity contribution in [3.05, 3.63) is 69.4 Å². The van der Waals surface area contributed by atoms with Gasteiger partial charge in [-0.05, 0) is 42.2 Å². The number of thiazole rings is 1. The Morgan fingerprint density at radius 2 is 2.09 bits per heavy atom. The molecule has 0 radical (unpaired) electrons.